The average molecular weight is 507 g/mol. The molecule has 0 atom stereocenters. The summed E-state index contributed by atoms with van der Waals surface area (Å²) in [6, 6.07) is 29.0. The monoisotopic (exact) mass is 506 g/mol. The van der Waals surface area contributed by atoms with Crippen LogP contribution in [0.15, 0.2) is 97.1 Å². The van der Waals surface area contributed by atoms with Crippen LogP contribution in [0.1, 0.15) is 78.9 Å². The van der Waals surface area contributed by atoms with E-state index in [1.54, 1.807) is 48.5 Å². The summed E-state index contributed by atoms with van der Waals surface area (Å²) in [6.07, 6.45) is 0. The number of hydrogen-bond donors (Lipinski definition) is 0. The molecule has 0 unspecified atom stereocenters. The molecule has 0 aliphatic heterocycles. The van der Waals surface area contributed by atoms with Crippen molar-refractivity contribution in [2.24, 2.45) is 0 Å². The quantitative estimate of drug-likeness (QED) is 0.236. The SMILES string of the molecule is CC(C)(C)Oc1cccc(Oc2ccc(C(=O)c3cccc(C(=O)c4ccc(C(C)(C)C)cc4)c3)cc2)c1. The number of carbonyl (C=O) groups is 2. The molecular formula is C34H34O4. The molecule has 4 nitrogen and oxygen atoms in total. The van der Waals surface area contributed by atoms with E-state index >= 15 is 0 Å². The molecular weight excluding hydrogens is 472 g/mol. The highest BCUT2D eigenvalue weighted by Gasteiger charge is 2.17. The van der Waals surface area contributed by atoms with Gasteiger partial charge in [-0.25, -0.2) is 0 Å². The van der Waals surface area contributed by atoms with Gasteiger partial charge in [-0.05, 0) is 74.2 Å². The normalized spacial score (nSPS) is 11.6. The molecule has 38 heavy (non-hydrogen) atoms. The molecule has 194 valence electrons. The molecule has 0 saturated heterocycles. The van der Waals surface area contributed by atoms with Crippen LogP contribution in [-0.2, 0) is 5.41 Å². The van der Waals surface area contributed by atoms with Gasteiger partial charge < -0.3 is 9.47 Å². The third-order valence-corrected chi connectivity index (χ3v) is 5.98. The molecule has 0 heterocycles. The van der Waals surface area contributed by atoms with Crippen LogP contribution in [0, 0.1) is 0 Å². The van der Waals surface area contributed by atoms with E-state index in [2.05, 4.69) is 20.8 Å². The fraction of sp³-hybridized carbons (Fsp3) is 0.235. The lowest BCUT2D eigenvalue weighted by atomic mass is 9.86. The second-order valence-electron chi connectivity index (χ2n) is 11.4. The molecule has 4 rings (SSSR count). The lowest BCUT2D eigenvalue weighted by molar-refractivity contribution is 0.103. The minimum absolute atomic E-state index is 0.0131. The van der Waals surface area contributed by atoms with Crippen LogP contribution in [0.5, 0.6) is 17.2 Å². The Bertz CT molecular complexity index is 1430. The van der Waals surface area contributed by atoms with Crippen molar-refractivity contribution in [3.8, 4) is 17.2 Å². The fourth-order valence-electron chi connectivity index (χ4n) is 4.02. The molecule has 0 N–H and O–H groups in total. The summed E-state index contributed by atoms with van der Waals surface area (Å²) in [7, 11) is 0. The standard InChI is InChI=1S/C34H34O4/c1-33(2,3)27-17-13-23(14-18-27)31(35)25-9-7-10-26(21-25)32(36)24-15-19-28(20-16-24)37-29-11-8-12-30(22-29)38-34(4,5)6/h7-22H,1-6H3. The zero-order chi connectivity index (χ0) is 27.5. The molecule has 0 aliphatic carbocycles. The molecule has 0 saturated carbocycles. The zero-order valence-corrected chi connectivity index (χ0v) is 22.9. The summed E-state index contributed by atoms with van der Waals surface area (Å²) in [5.74, 6) is 1.71. The topological polar surface area (TPSA) is 52.6 Å². The zero-order valence-electron chi connectivity index (χ0n) is 22.9. The van der Waals surface area contributed by atoms with Crippen molar-refractivity contribution < 1.29 is 19.1 Å². The fourth-order valence-corrected chi connectivity index (χ4v) is 4.02. The van der Waals surface area contributed by atoms with Gasteiger partial charge in [0.15, 0.2) is 11.6 Å². The predicted molar refractivity (Wildman–Crippen MR) is 152 cm³/mol. The van der Waals surface area contributed by atoms with Gasteiger partial charge in [-0.3, -0.25) is 9.59 Å². The van der Waals surface area contributed by atoms with Crippen LogP contribution >= 0.6 is 0 Å². The number of ether oxygens (including phenoxy) is 2. The Kier molecular flexibility index (Phi) is 7.54. The van der Waals surface area contributed by atoms with Crippen molar-refractivity contribution in [1.29, 1.82) is 0 Å². The maximum atomic E-state index is 13.2. The van der Waals surface area contributed by atoms with Crippen molar-refractivity contribution in [3.63, 3.8) is 0 Å². The Balaban J connectivity index is 1.47. The number of ketones is 2. The Morgan fingerprint density at radius 3 is 1.55 bits per heavy atom. The first-order chi connectivity index (χ1) is 17.9. The number of hydrogen-bond acceptors (Lipinski definition) is 4. The summed E-state index contributed by atoms with van der Waals surface area (Å²) >= 11 is 0. The number of benzene rings is 4. The van der Waals surface area contributed by atoms with Gasteiger partial charge in [0, 0.05) is 28.3 Å². The van der Waals surface area contributed by atoms with E-state index in [1.165, 1.54) is 0 Å². The molecule has 4 aromatic rings. The minimum atomic E-state index is -0.306. The average Bonchev–Trinajstić information content (AvgIpc) is 2.87. The van der Waals surface area contributed by atoms with Gasteiger partial charge in [-0.2, -0.15) is 0 Å². The first-order valence-electron chi connectivity index (χ1n) is 12.8. The second-order valence-corrected chi connectivity index (χ2v) is 11.4. The highest BCUT2D eigenvalue weighted by molar-refractivity contribution is 6.13. The molecule has 0 aromatic heterocycles. The minimum Gasteiger partial charge on any atom is -0.488 e. The first kappa shape index (κ1) is 26.9. The molecule has 4 aromatic carbocycles. The highest BCUT2D eigenvalue weighted by atomic mass is 16.5. The third-order valence-electron chi connectivity index (χ3n) is 5.98. The van der Waals surface area contributed by atoms with Crippen molar-refractivity contribution in [1.82, 2.24) is 0 Å². The van der Waals surface area contributed by atoms with Gasteiger partial charge in [0.05, 0.1) is 0 Å². The molecule has 0 bridgehead atoms. The summed E-state index contributed by atoms with van der Waals surface area (Å²) in [5.41, 5.74) is 2.93. The molecule has 0 spiro atoms. The smallest absolute Gasteiger partial charge is 0.193 e. The van der Waals surface area contributed by atoms with E-state index in [1.807, 2.05) is 69.3 Å². The third kappa shape index (κ3) is 6.77. The Morgan fingerprint density at radius 1 is 0.526 bits per heavy atom. The summed E-state index contributed by atoms with van der Waals surface area (Å²) in [5, 5.41) is 0. The molecule has 0 amide bonds. The molecule has 4 heteroatoms. The largest absolute Gasteiger partial charge is 0.488 e. The predicted octanol–water partition coefficient (Wildman–Crippen LogP) is 8.42. The van der Waals surface area contributed by atoms with Crippen LogP contribution in [0.2, 0.25) is 0 Å². The maximum Gasteiger partial charge on any atom is 0.193 e. The van der Waals surface area contributed by atoms with E-state index in [-0.39, 0.29) is 22.6 Å². The highest BCUT2D eigenvalue weighted by Crippen LogP contribution is 2.28. The second kappa shape index (κ2) is 10.7. The van der Waals surface area contributed by atoms with E-state index in [4.69, 9.17) is 9.47 Å². The van der Waals surface area contributed by atoms with E-state index < -0.39 is 0 Å². The van der Waals surface area contributed by atoms with Crippen LogP contribution in [-0.4, -0.2) is 17.2 Å². The lowest BCUT2D eigenvalue weighted by Gasteiger charge is -2.21. The Morgan fingerprint density at radius 2 is 1.03 bits per heavy atom. The van der Waals surface area contributed by atoms with Crippen molar-refractivity contribution in [2.45, 2.75) is 52.6 Å². The van der Waals surface area contributed by atoms with Gasteiger partial charge in [0.25, 0.3) is 0 Å². The van der Waals surface area contributed by atoms with Gasteiger partial charge in [-0.15, -0.1) is 0 Å². The van der Waals surface area contributed by atoms with Crippen LogP contribution in [0.25, 0.3) is 0 Å². The molecule has 0 fully saturated rings. The maximum absolute atomic E-state index is 13.2. The van der Waals surface area contributed by atoms with Crippen molar-refractivity contribution in [2.75, 3.05) is 0 Å². The van der Waals surface area contributed by atoms with E-state index in [0.717, 1.165) is 11.3 Å². The van der Waals surface area contributed by atoms with Crippen LogP contribution < -0.4 is 9.47 Å². The Labute approximate surface area is 225 Å². The number of rotatable bonds is 7. The van der Waals surface area contributed by atoms with Crippen LogP contribution in [0.3, 0.4) is 0 Å². The lowest BCUT2D eigenvalue weighted by Crippen LogP contribution is -2.22. The Hall–Kier alpha value is -4.18. The van der Waals surface area contributed by atoms with Crippen molar-refractivity contribution >= 4 is 11.6 Å². The summed E-state index contributed by atoms with van der Waals surface area (Å²) in [4.78, 5) is 26.3. The van der Waals surface area contributed by atoms with Gasteiger partial charge >= 0.3 is 0 Å². The van der Waals surface area contributed by atoms with Crippen molar-refractivity contribution in [3.05, 3.63) is 125 Å². The van der Waals surface area contributed by atoms with E-state index in [0.29, 0.717) is 33.8 Å². The van der Waals surface area contributed by atoms with E-state index in [9.17, 15) is 9.59 Å². The molecule has 0 radical (unpaired) electrons. The van der Waals surface area contributed by atoms with Crippen LogP contribution in [0.4, 0.5) is 0 Å². The number of carbonyl (C=O) groups excluding carboxylic acids is 2. The first-order valence-corrected chi connectivity index (χ1v) is 12.8. The summed E-state index contributed by atoms with van der Waals surface area (Å²) in [6.45, 7) is 12.4. The summed E-state index contributed by atoms with van der Waals surface area (Å²) < 4.78 is 11.9. The van der Waals surface area contributed by atoms with Gasteiger partial charge in [0.2, 0.25) is 0 Å². The molecule has 0 aliphatic rings. The van der Waals surface area contributed by atoms with Gasteiger partial charge in [0.1, 0.15) is 22.8 Å². The van der Waals surface area contributed by atoms with Gasteiger partial charge in [-0.1, -0.05) is 69.3 Å².